The van der Waals surface area contributed by atoms with Crippen LogP contribution in [0.3, 0.4) is 0 Å². The molecule has 0 spiro atoms. The van der Waals surface area contributed by atoms with Crippen LogP contribution in [0, 0.1) is 29.4 Å². The fourth-order valence-corrected chi connectivity index (χ4v) is 7.61. The highest BCUT2D eigenvalue weighted by Gasteiger charge is 2.51. The molecular formula is C25H28F2N2O3S. The average molecular weight is 475 g/mol. The Bertz CT molecular complexity index is 1150. The van der Waals surface area contributed by atoms with Crippen LogP contribution in [0.2, 0.25) is 0 Å². The minimum Gasteiger partial charge on any atom is -0.322 e. The van der Waals surface area contributed by atoms with Crippen molar-refractivity contribution in [1.82, 2.24) is 0 Å². The van der Waals surface area contributed by atoms with Gasteiger partial charge in [-0.25, -0.2) is 17.2 Å². The Hall–Kier alpha value is -2.48. The lowest BCUT2D eigenvalue weighted by atomic mass is 9.48. The Balaban J connectivity index is 1.35. The van der Waals surface area contributed by atoms with E-state index in [4.69, 9.17) is 0 Å². The van der Waals surface area contributed by atoms with Gasteiger partial charge in [0.05, 0.1) is 17.6 Å². The summed E-state index contributed by atoms with van der Waals surface area (Å²) in [6.45, 7) is -0.508. The van der Waals surface area contributed by atoms with Crippen LogP contribution in [0.4, 0.5) is 20.2 Å². The van der Waals surface area contributed by atoms with Crippen LogP contribution >= 0.6 is 0 Å². The van der Waals surface area contributed by atoms with E-state index in [-0.39, 0.29) is 11.1 Å². The second kappa shape index (κ2) is 8.08. The smallest absolute Gasteiger partial charge is 0.245 e. The number of amides is 1. The first-order chi connectivity index (χ1) is 15.6. The predicted molar refractivity (Wildman–Crippen MR) is 123 cm³/mol. The molecule has 6 rings (SSSR count). The van der Waals surface area contributed by atoms with Gasteiger partial charge in [0, 0.05) is 6.07 Å². The van der Waals surface area contributed by atoms with Crippen molar-refractivity contribution in [3.8, 4) is 0 Å². The summed E-state index contributed by atoms with van der Waals surface area (Å²) in [4.78, 5) is 12.5. The first-order valence-corrected chi connectivity index (χ1v) is 13.3. The molecule has 5 nitrogen and oxygen atoms in total. The molecule has 2 aromatic carbocycles. The minimum absolute atomic E-state index is 0.195. The molecule has 4 saturated carbocycles. The number of anilines is 2. The maximum Gasteiger partial charge on any atom is 0.245 e. The van der Waals surface area contributed by atoms with Crippen molar-refractivity contribution in [3.63, 3.8) is 0 Å². The topological polar surface area (TPSA) is 66.5 Å². The number of hydrogen-bond acceptors (Lipinski definition) is 3. The normalized spacial score (nSPS) is 28.0. The predicted octanol–water partition coefficient (Wildman–Crippen LogP) is 4.84. The lowest BCUT2D eigenvalue weighted by Gasteiger charge is -2.57. The van der Waals surface area contributed by atoms with Gasteiger partial charge in [-0.3, -0.25) is 9.10 Å². The second-order valence-electron chi connectivity index (χ2n) is 10.2. The van der Waals surface area contributed by atoms with Crippen molar-refractivity contribution in [2.24, 2.45) is 17.8 Å². The van der Waals surface area contributed by atoms with Crippen LogP contribution in [0.5, 0.6) is 0 Å². The third-order valence-corrected chi connectivity index (χ3v) is 8.84. The molecule has 0 aliphatic heterocycles. The minimum atomic E-state index is -3.76. The summed E-state index contributed by atoms with van der Waals surface area (Å²) >= 11 is 0. The highest BCUT2D eigenvalue weighted by atomic mass is 32.2. The zero-order chi connectivity index (χ0) is 23.4. The Morgan fingerprint density at radius 2 is 1.58 bits per heavy atom. The van der Waals surface area contributed by atoms with Crippen LogP contribution in [0.15, 0.2) is 42.5 Å². The van der Waals surface area contributed by atoms with E-state index in [1.165, 1.54) is 44.1 Å². The largest absolute Gasteiger partial charge is 0.322 e. The number of carbonyl (C=O) groups is 1. The Kier molecular flexibility index (Phi) is 5.46. The summed E-state index contributed by atoms with van der Waals surface area (Å²) < 4.78 is 52.9. The van der Waals surface area contributed by atoms with Gasteiger partial charge in [-0.1, -0.05) is 12.1 Å². The van der Waals surface area contributed by atoms with Crippen molar-refractivity contribution >= 4 is 27.3 Å². The number of nitrogens with one attached hydrogen (secondary N) is 1. The number of carbonyl (C=O) groups excluding carboxylic acids is 1. The number of rotatable bonds is 6. The first kappa shape index (κ1) is 22.3. The highest BCUT2D eigenvalue weighted by molar-refractivity contribution is 7.92. The second-order valence-corrected chi connectivity index (χ2v) is 12.1. The summed E-state index contributed by atoms with van der Waals surface area (Å²) in [7, 11) is -3.76. The molecule has 0 radical (unpaired) electrons. The standard InChI is InChI=1S/C25H28F2N2O3S/c1-33(31,32)29(15-24(30)28-23-7-4-20(26)11-22(23)27)21-5-2-19(3-6-21)25-12-16-8-17(13-25)10-18(9-16)14-25/h2-7,11,16-18H,8-10,12-15H2,1H3,(H,28,30). The van der Waals surface area contributed by atoms with Crippen LogP contribution in [-0.2, 0) is 20.2 Å². The Labute approximate surface area is 193 Å². The van der Waals surface area contributed by atoms with Crippen molar-refractivity contribution in [3.05, 3.63) is 59.7 Å². The number of hydrogen-bond donors (Lipinski definition) is 1. The number of sulfonamides is 1. The van der Waals surface area contributed by atoms with E-state index in [1.54, 1.807) is 12.1 Å². The molecule has 33 heavy (non-hydrogen) atoms. The third kappa shape index (κ3) is 4.37. The van der Waals surface area contributed by atoms with E-state index in [0.29, 0.717) is 11.8 Å². The molecule has 4 bridgehead atoms. The monoisotopic (exact) mass is 474 g/mol. The molecular weight excluding hydrogens is 446 g/mol. The lowest BCUT2D eigenvalue weighted by Crippen LogP contribution is -2.48. The van der Waals surface area contributed by atoms with E-state index in [0.717, 1.165) is 40.4 Å². The summed E-state index contributed by atoms with van der Waals surface area (Å²) in [5.74, 6) is 0.0182. The molecule has 4 aliphatic carbocycles. The number of halogens is 2. The SMILES string of the molecule is CS(=O)(=O)N(CC(=O)Nc1ccc(F)cc1F)c1ccc(C23CC4CC(CC(C4)C2)C3)cc1. The first-order valence-electron chi connectivity index (χ1n) is 11.4. The van der Waals surface area contributed by atoms with Gasteiger partial charge < -0.3 is 5.32 Å². The van der Waals surface area contributed by atoms with Crippen LogP contribution in [-0.4, -0.2) is 27.1 Å². The van der Waals surface area contributed by atoms with Gasteiger partial charge in [0.2, 0.25) is 15.9 Å². The van der Waals surface area contributed by atoms with Crippen LogP contribution in [0.25, 0.3) is 0 Å². The van der Waals surface area contributed by atoms with Gasteiger partial charge in [-0.2, -0.15) is 0 Å². The quantitative estimate of drug-likeness (QED) is 0.652. The molecule has 4 fully saturated rings. The van der Waals surface area contributed by atoms with Crippen molar-refractivity contribution in [2.75, 3.05) is 22.4 Å². The summed E-state index contributed by atoms with van der Waals surface area (Å²) in [5, 5.41) is 2.32. The van der Waals surface area contributed by atoms with E-state index in [1.807, 2.05) is 12.1 Å². The molecule has 1 N–H and O–H groups in total. The molecule has 176 valence electrons. The van der Waals surface area contributed by atoms with Gasteiger partial charge in [0.1, 0.15) is 18.2 Å². The average Bonchev–Trinajstić information content (AvgIpc) is 2.72. The fourth-order valence-electron chi connectivity index (χ4n) is 6.76. The maximum absolute atomic E-state index is 13.9. The third-order valence-electron chi connectivity index (χ3n) is 7.70. The number of benzene rings is 2. The van der Waals surface area contributed by atoms with E-state index >= 15 is 0 Å². The summed E-state index contributed by atoms with van der Waals surface area (Å²) in [6, 6.07) is 10.3. The van der Waals surface area contributed by atoms with E-state index < -0.39 is 34.1 Å². The molecule has 0 unspecified atom stereocenters. The molecule has 0 saturated heterocycles. The van der Waals surface area contributed by atoms with Gasteiger partial charge in [-0.05, 0) is 91.5 Å². The Morgan fingerprint density at radius 1 is 1.00 bits per heavy atom. The fraction of sp³-hybridized carbons (Fsp3) is 0.480. The molecule has 0 aromatic heterocycles. The zero-order valence-corrected chi connectivity index (χ0v) is 19.4. The summed E-state index contributed by atoms with van der Waals surface area (Å²) in [5.41, 5.74) is 1.64. The molecule has 4 aliphatic rings. The van der Waals surface area contributed by atoms with E-state index in [2.05, 4.69) is 5.32 Å². The molecule has 0 heterocycles. The number of nitrogens with zero attached hydrogens (tertiary/aromatic N) is 1. The summed E-state index contributed by atoms with van der Waals surface area (Å²) in [6.07, 6.45) is 8.71. The van der Waals surface area contributed by atoms with Gasteiger partial charge >= 0.3 is 0 Å². The van der Waals surface area contributed by atoms with Gasteiger partial charge in [-0.15, -0.1) is 0 Å². The molecule has 8 heteroatoms. The van der Waals surface area contributed by atoms with Crippen LogP contribution in [0.1, 0.15) is 44.1 Å². The molecule has 1 amide bonds. The van der Waals surface area contributed by atoms with Crippen LogP contribution < -0.4 is 9.62 Å². The van der Waals surface area contributed by atoms with Crippen molar-refractivity contribution < 1.29 is 22.0 Å². The van der Waals surface area contributed by atoms with Crippen molar-refractivity contribution in [1.29, 1.82) is 0 Å². The Morgan fingerprint density at radius 3 is 2.09 bits per heavy atom. The van der Waals surface area contributed by atoms with Gasteiger partial charge in [0.25, 0.3) is 0 Å². The van der Waals surface area contributed by atoms with E-state index in [9.17, 15) is 22.0 Å². The van der Waals surface area contributed by atoms with Crippen molar-refractivity contribution in [2.45, 2.75) is 43.9 Å². The lowest BCUT2D eigenvalue weighted by molar-refractivity contribution is -0.114. The molecule has 0 atom stereocenters. The highest BCUT2D eigenvalue weighted by Crippen LogP contribution is 2.60. The molecule has 2 aromatic rings. The zero-order valence-electron chi connectivity index (χ0n) is 18.6. The maximum atomic E-state index is 13.9. The van der Waals surface area contributed by atoms with Gasteiger partial charge in [0.15, 0.2) is 0 Å².